The lowest BCUT2D eigenvalue weighted by atomic mass is 10.2. The summed E-state index contributed by atoms with van der Waals surface area (Å²) in [6, 6.07) is 0.941. The number of carboxylic acid groups (broad SMARTS) is 1. The van der Waals surface area contributed by atoms with E-state index in [1.807, 2.05) is 0 Å². The molecule has 0 aliphatic rings. The lowest BCUT2D eigenvalue weighted by Gasteiger charge is -2.18. The second-order valence-electron chi connectivity index (χ2n) is 3.89. The first-order valence-corrected chi connectivity index (χ1v) is 5.43. The number of halogens is 6. The van der Waals surface area contributed by atoms with Crippen molar-refractivity contribution in [2.75, 3.05) is 0 Å². The van der Waals surface area contributed by atoms with E-state index < -0.39 is 35.5 Å². The highest BCUT2D eigenvalue weighted by Crippen LogP contribution is 2.35. The van der Waals surface area contributed by atoms with Gasteiger partial charge in [0.05, 0.1) is 0 Å². The molecule has 0 fully saturated rings. The van der Waals surface area contributed by atoms with Gasteiger partial charge in [-0.3, -0.25) is 10.1 Å². The van der Waals surface area contributed by atoms with Crippen molar-refractivity contribution in [2.45, 2.75) is 12.2 Å². The average Bonchev–Trinajstić information content (AvgIpc) is 2.37. The number of nitrogens with one attached hydrogen (secondary N) is 1. The van der Waals surface area contributed by atoms with E-state index >= 15 is 0 Å². The van der Waals surface area contributed by atoms with E-state index in [0.717, 1.165) is 12.1 Å². The fraction of sp³-hybridized carbons (Fsp3) is 0.167. The number of alkyl halides is 5. The first kappa shape index (κ1) is 17.5. The Labute approximate surface area is 119 Å². The molecular formula is C12H7F6NO3. The molecule has 0 saturated carbocycles. The van der Waals surface area contributed by atoms with Crippen LogP contribution in [0, 0.1) is 0 Å². The normalized spacial score (nSPS) is 13.4. The third kappa shape index (κ3) is 3.99. The Morgan fingerprint density at radius 1 is 1.00 bits per heavy atom. The van der Waals surface area contributed by atoms with Crippen LogP contribution in [0.1, 0.15) is 10.4 Å². The number of amides is 1. The number of carbonyl (C=O) groups is 2. The van der Waals surface area contributed by atoms with Gasteiger partial charge in [-0.1, -0.05) is 18.2 Å². The fourth-order valence-electron chi connectivity index (χ4n) is 1.36. The Kier molecular flexibility index (Phi) is 4.84. The molecule has 0 aromatic heterocycles. The predicted octanol–water partition coefficient (Wildman–Crippen LogP) is 2.88. The maximum absolute atomic E-state index is 13.4. The van der Waals surface area contributed by atoms with E-state index in [2.05, 4.69) is 0 Å². The zero-order valence-electron chi connectivity index (χ0n) is 10.4. The highest BCUT2D eigenvalue weighted by atomic mass is 19.4. The quantitative estimate of drug-likeness (QED) is 0.508. The largest absolute Gasteiger partial charge is 0.478 e. The summed E-state index contributed by atoms with van der Waals surface area (Å²) in [4.78, 5) is 21.7. The minimum atomic E-state index is -5.86. The summed E-state index contributed by atoms with van der Waals surface area (Å²) in [7, 11) is 0. The molecule has 1 aromatic rings. The Morgan fingerprint density at radius 3 is 1.91 bits per heavy atom. The van der Waals surface area contributed by atoms with Gasteiger partial charge < -0.3 is 5.11 Å². The molecule has 1 amide bonds. The van der Waals surface area contributed by atoms with Gasteiger partial charge in [0.2, 0.25) is 5.83 Å². The van der Waals surface area contributed by atoms with Crippen molar-refractivity contribution in [1.29, 1.82) is 0 Å². The summed E-state index contributed by atoms with van der Waals surface area (Å²) in [5.41, 5.74) is -3.47. The third-order valence-corrected chi connectivity index (χ3v) is 2.30. The van der Waals surface area contributed by atoms with Gasteiger partial charge >= 0.3 is 18.2 Å². The van der Waals surface area contributed by atoms with Crippen molar-refractivity contribution in [3.63, 3.8) is 0 Å². The number of carboxylic acids is 1. The van der Waals surface area contributed by atoms with Gasteiger partial charge in [0.15, 0.2) is 5.57 Å². The van der Waals surface area contributed by atoms with Crippen LogP contribution < -0.4 is 5.32 Å². The highest BCUT2D eigenvalue weighted by molar-refractivity contribution is 5.95. The molecule has 0 heterocycles. The van der Waals surface area contributed by atoms with Crippen LogP contribution in [0.4, 0.5) is 26.3 Å². The average molecular weight is 327 g/mol. The Balaban J connectivity index is 3.17. The predicted molar refractivity (Wildman–Crippen MR) is 60.7 cm³/mol. The van der Waals surface area contributed by atoms with Crippen molar-refractivity contribution < 1.29 is 41.0 Å². The topological polar surface area (TPSA) is 66.4 Å². The van der Waals surface area contributed by atoms with E-state index in [-0.39, 0.29) is 5.56 Å². The molecule has 120 valence electrons. The lowest BCUT2D eigenvalue weighted by Crippen LogP contribution is -2.43. The van der Waals surface area contributed by atoms with Crippen LogP contribution in [-0.2, 0) is 4.79 Å². The number of rotatable bonds is 4. The minimum Gasteiger partial charge on any atom is -0.478 e. The van der Waals surface area contributed by atoms with E-state index in [1.165, 1.54) is 18.2 Å². The molecule has 0 spiro atoms. The van der Waals surface area contributed by atoms with Crippen molar-refractivity contribution in [2.24, 2.45) is 0 Å². The molecule has 1 rings (SSSR count). The molecule has 0 unspecified atom stereocenters. The highest BCUT2D eigenvalue weighted by Gasteiger charge is 2.50. The van der Waals surface area contributed by atoms with E-state index in [0.29, 0.717) is 5.32 Å². The zero-order chi connectivity index (χ0) is 17.1. The molecule has 0 aliphatic carbocycles. The molecular weight excluding hydrogens is 320 g/mol. The van der Waals surface area contributed by atoms with Crippen LogP contribution in [0.5, 0.6) is 0 Å². The Bertz CT molecular complexity index is 609. The van der Waals surface area contributed by atoms with Gasteiger partial charge in [-0.15, -0.1) is 0 Å². The van der Waals surface area contributed by atoms with Gasteiger partial charge in [0, 0.05) is 5.56 Å². The van der Waals surface area contributed by atoms with Gasteiger partial charge in [0.1, 0.15) is 0 Å². The lowest BCUT2D eigenvalue weighted by molar-refractivity contribution is -0.147. The summed E-state index contributed by atoms with van der Waals surface area (Å²) in [6.07, 6.45) is -5.86. The van der Waals surface area contributed by atoms with Crippen LogP contribution in [-0.4, -0.2) is 29.2 Å². The fourth-order valence-corrected chi connectivity index (χ4v) is 1.36. The molecule has 0 atom stereocenters. The zero-order valence-corrected chi connectivity index (χ0v) is 10.4. The van der Waals surface area contributed by atoms with Gasteiger partial charge in [0.25, 0.3) is 5.91 Å². The monoisotopic (exact) mass is 327 g/mol. The first-order chi connectivity index (χ1) is 9.97. The standard InChI is InChI=1S/C12H7F6NO3/c13-8(7(10(21)22)11(14,15)16)12(17,18)19-9(20)6-4-2-1-3-5-6/h1-5H,(H,19,20)(H,21,22)/b8-7-. The summed E-state index contributed by atoms with van der Waals surface area (Å²) >= 11 is 0. The molecule has 1 aromatic carbocycles. The van der Waals surface area contributed by atoms with Crippen molar-refractivity contribution in [1.82, 2.24) is 5.32 Å². The van der Waals surface area contributed by atoms with Crippen molar-refractivity contribution >= 4 is 11.9 Å². The molecule has 2 N–H and O–H groups in total. The van der Waals surface area contributed by atoms with E-state index in [9.17, 15) is 35.9 Å². The SMILES string of the molecule is O=C(O)/C(=C(/F)C(F)(F)NC(=O)c1ccccc1)C(F)(F)F. The number of carbonyl (C=O) groups excluding carboxylic acids is 1. The van der Waals surface area contributed by atoms with Crippen LogP contribution in [0.25, 0.3) is 0 Å². The third-order valence-electron chi connectivity index (χ3n) is 2.30. The molecule has 0 radical (unpaired) electrons. The van der Waals surface area contributed by atoms with Crippen molar-refractivity contribution in [3.05, 3.63) is 47.3 Å². The molecule has 4 nitrogen and oxygen atoms in total. The van der Waals surface area contributed by atoms with E-state index in [1.54, 1.807) is 0 Å². The van der Waals surface area contributed by atoms with E-state index in [4.69, 9.17) is 5.11 Å². The molecule has 0 aliphatic heterocycles. The van der Waals surface area contributed by atoms with Crippen LogP contribution in [0.3, 0.4) is 0 Å². The Hall–Kier alpha value is -2.52. The summed E-state index contributed by atoms with van der Waals surface area (Å²) in [6.45, 7) is 0. The maximum atomic E-state index is 13.4. The van der Waals surface area contributed by atoms with Gasteiger partial charge in [-0.05, 0) is 12.1 Å². The minimum absolute atomic E-state index is 0.376. The Morgan fingerprint density at radius 2 is 1.50 bits per heavy atom. The smallest absolute Gasteiger partial charge is 0.426 e. The number of hydrogen-bond donors (Lipinski definition) is 2. The summed E-state index contributed by atoms with van der Waals surface area (Å²) in [5.74, 6) is -7.82. The van der Waals surface area contributed by atoms with Crippen LogP contribution in [0.15, 0.2) is 41.7 Å². The number of hydrogen-bond acceptors (Lipinski definition) is 2. The molecule has 0 bridgehead atoms. The van der Waals surface area contributed by atoms with Gasteiger partial charge in [-0.25, -0.2) is 9.18 Å². The van der Waals surface area contributed by atoms with Crippen LogP contribution >= 0.6 is 0 Å². The molecule has 10 heteroatoms. The first-order valence-electron chi connectivity index (χ1n) is 5.43. The number of benzene rings is 1. The van der Waals surface area contributed by atoms with Crippen LogP contribution in [0.2, 0.25) is 0 Å². The van der Waals surface area contributed by atoms with Gasteiger partial charge in [-0.2, -0.15) is 22.0 Å². The molecule has 22 heavy (non-hydrogen) atoms. The summed E-state index contributed by atoms with van der Waals surface area (Å²) in [5, 5.41) is 8.94. The summed E-state index contributed by atoms with van der Waals surface area (Å²) < 4.78 is 76.9. The number of aliphatic carboxylic acids is 1. The molecule has 0 saturated heterocycles. The second-order valence-corrected chi connectivity index (χ2v) is 3.89. The van der Waals surface area contributed by atoms with Crippen molar-refractivity contribution in [3.8, 4) is 0 Å². The maximum Gasteiger partial charge on any atom is 0.426 e. The second kappa shape index (κ2) is 6.08.